The van der Waals surface area contributed by atoms with E-state index in [0.717, 1.165) is 11.0 Å². The molecule has 1 fully saturated rings. The third-order valence-corrected chi connectivity index (χ3v) is 4.28. The lowest BCUT2D eigenvalue weighted by Crippen LogP contribution is -2.29. The molecule has 16 heavy (non-hydrogen) atoms. The number of rotatable bonds is 3. The number of hydrogen-bond donors (Lipinski definition) is 0. The molecule has 4 heteroatoms. The van der Waals surface area contributed by atoms with Crippen LogP contribution in [0, 0.1) is 0 Å². The quantitative estimate of drug-likeness (QED) is 0.792. The molecule has 88 valence electrons. The van der Waals surface area contributed by atoms with Crippen molar-refractivity contribution in [3.63, 3.8) is 0 Å². The molecule has 0 aromatic carbocycles. The van der Waals surface area contributed by atoms with E-state index in [2.05, 4.69) is 38.2 Å². The predicted molar refractivity (Wildman–Crippen MR) is 73.6 cm³/mol. The molecule has 1 aromatic heterocycles. The summed E-state index contributed by atoms with van der Waals surface area (Å²) in [6.45, 7) is 4.61. The van der Waals surface area contributed by atoms with Gasteiger partial charge in [0.05, 0.1) is 0 Å². The molecular formula is C12H17BrN2S. The van der Waals surface area contributed by atoms with Gasteiger partial charge in [0.1, 0.15) is 0 Å². The van der Waals surface area contributed by atoms with Crippen LogP contribution in [-0.2, 0) is 0 Å². The van der Waals surface area contributed by atoms with Crippen LogP contribution in [-0.4, -0.2) is 28.1 Å². The zero-order valence-electron chi connectivity index (χ0n) is 9.53. The molecule has 0 spiro atoms. The fraction of sp³-hybridized carbons (Fsp3) is 0.583. The van der Waals surface area contributed by atoms with Crippen molar-refractivity contribution in [2.24, 2.45) is 0 Å². The van der Waals surface area contributed by atoms with E-state index in [1.165, 1.54) is 30.7 Å². The summed E-state index contributed by atoms with van der Waals surface area (Å²) in [6, 6.07) is 2.21. The molecule has 1 aliphatic rings. The van der Waals surface area contributed by atoms with Crippen LogP contribution in [0.4, 0.5) is 0 Å². The number of hydrogen-bond acceptors (Lipinski definition) is 3. The van der Waals surface area contributed by atoms with E-state index in [9.17, 15) is 0 Å². The van der Waals surface area contributed by atoms with E-state index in [0.29, 0.717) is 5.92 Å². The van der Waals surface area contributed by atoms with Gasteiger partial charge >= 0.3 is 0 Å². The molecule has 1 aliphatic heterocycles. The topological polar surface area (TPSA) is 16.1 Å². The minimum atomic E-state index is 0.651. The maximum absolute atomic E-state index is 4.26. The molecule has 2 rings (SSSR count). The number of pyridine rings is 1. The van der Waals surface area contributed by atoms with Gasteiger partial charge in [-0.2, -0.15) is 0 Å². The second-order valence-corrected chi connectivity index (χ2v) is 6.35. The van der Waals surface area contributed by atoms with Crippen LogP contribution < -0.4 is 0 Å². The van der Waals surface area contributed by atoms with Crippen LogP contribution in [0.1, 0.15) is 31.2 Å². The van der Waals surface area contributed by atoms with Crippen LogP contribution in [0.25, 0.3) is 0 Å². The fourth-order valence-electron chi connectivity index (χ4n) is 2.17. The van der Waals surface area contributed by atoms with Gasteiger partial charge in [-0.15, -0.1) is 0 Å². The highest BCUT2D eigenvalue weighted by Gasteiger charge is 2.21. The first-order valence-corrected chi connectivity index (χ1v) is 7.51. The summed E-state index contributed by atoms with van der Waals surface area (Å²) >= 11 is 5.45. The van der Waals surface area contributed by atoms with Crippen LogP contribution in [0.5, 0.6) is 0 Å². The lowest BCUT2D eigenvalue weighted by molar-refractivity contribution is 0.342. The van der Waals surface area contributed by atoms with E-state index in [4.69, 9.17) is 0 Å². The zero-order chi connectivity index (χ0) is 11.4. The van der Waals surface area contributed by atoms with Crippen LogP contribution in [0.15, 0.2) is 22.9 Å². The van der Waals surface area contributed by atoms with E-state index >= 15 is 0 Å². The Bertz CT molecular complexity index is 344. The van der Waals surface area contributed by atoms with Crippen molar-refractivity contribution in [3.8, 4) is 0 Å². The number of piperidine rings is 1. The molecule has 1 atom stereocenters. The largest absolute Gasteiger partial charge is 0.263 e. The summed E-state index contributed by atoms with van der Waals surface area (Å²) in [4.78, 5) is 4.26. The van der Waals surface area contributed by atoms with Crippen LogP contribution in [0.2, 0.25) is 0 Å². The smallest absolute Gasteiger partial charge is 0.0410 e. The summed E-state index contributed by atoms with van der Waals surface area (Å²) in [7, 11) is 0. The summed E-state index contributed by atoms with van der Waals surface area (Å²) < 4.78 is 3.58. The van der Waals surface area contributed by atoms with E-state index in [-0.39, 0.29) is 0 Å². The highest BCUT2D eigenvalue weighted by Crippen LogP contribution is 2.30. The van der Waals surface area contributed by atoms with E-state index in [1.54, 1.807) is 0 Å². The normalized spacial score (nSPS) is 22.2. The van der Waals surface area contributed by atoms with Crippen molar-refractivity contribution in [1.82, 2.24) is 9.29 Å². The number of nitrogens with zero attached hydrogens (tertiary/aromatic N) is 2. The molecular weight excluding hydrogens is 284 g/mol. The van der Waals surface area contributed by atoms with Crippen LogP contribution in [0.3, 0.4) is 0 Å². The Balaban J connectivity index is 2.03. The standard InChI is InChI=1S/C12H17BrN2S/c1-2-16-15-5-3-4-10(9-15)11-6-12(13)8-14-7-11/h6-8,10H,2-5,9H2,1H3. The first-order valence-electron chi connectivity index (χ1n) is 5.78. The fourth-order valence-corrected chi connectivity index (χ4v) is 3.46. The molecule has 0 bridgehead atoms. The number of halogens is 1. The van der Waals surface area contributed by atoms with Crippen molar-refractivity contribution in [1.29, 1.82) is 0 Å². The SMILES string of the molecule is CCSN1CCCC(c2cncc(Br)c2)C1. The van der Waals surface area contributed by atoms with Gasteiger partial charge < -0.3 is 0 Å². The van der Waals surface area contributed by atoms with E-state index < -0.39 is 0 Å². The molecule has 2 heterocycles. The lowest BCUT2D eigenvalue weighted by atomic mass is 9.93. The Morgan fingerprint density at radius 3 is 3.19 bits per heavy atom. The van der Waals surface area contributed by atoms with Gasteiger partial charge in [-0.3, -0.25) is 9.29 Å². The van der Waals surface area contributed by atoms with Gasteiger partial charge in [0.15, 0.2) is 0 Å². The summed E-state index contributed by atoms with van der Waals surface area (Å²) in [6.07, 6.45) is 6.45. The molecule has 0 saturated carbocycles. The first-order chi connectivity index (χ1) is 7.79. The minimum Gasteiger partial charge on any atom is -0.263 e. The van der Waals surface area contributed by atoms with E-state index in [1.807, 2.05) is 24.3 Å². The number of aromatic nitrogens is 1. The van der Waals surface area contributed by atoms with Gasteiger partial charge in [0, 0.05) is 35.7 Å². The zero-order valence-corrected chi connectivity index (χ0v) is 11.9. The minimum absolute atomic E-state index is 0.651. The van der Waals surface area contributed by atoms with Gasteiger partial charge in [0.25, 0.3) is 0 Å². The third-order valence-electron chi connectivity index (χ3n) is 2.89. The second-order valence-electron chi connectivity index (χ2n) is 4.08. The first kappa shape index (κ1) is 12.4. The molecule has 0 radical (unpaired) electrons. The Morgan fingerprint density at radius 2 is 2.44 bits per heavy atom. The Hall–Kier alpha value is -0.0600. The van der Waals surface area contributed by atoms with Gasteiger partial charge in [-0.05, 0) is 46.3 Å². The average Bonchev–Trinajstić information content (AvgIpc) is 2.30. The van der Waals surface area contributed by atoms with Crippen molar-refractivity contribution in [3.05, 3.63) is 28.5 Å². The molecule has 1 aromatic rings. The van der Waals surface area contributed by atoms with Gasteiger partial charge in [0.2, 0.25) is 0 Å². The molecule has 0 N–H and O–H groups in total. The summed E-state index contributed by atoms with van der Waals surface area (Å²) in [5, 5.41) is 0. The summed E-state index contributed by atoms with van der Waals surface area (Å²) in [5.41, 5.74) is 1.37. The molecule has 0 amide bonds. The predicted octanol–water partition coefficient (Wildman–Crippen LogP) is 3.69. The Kier molecular flexibility index (Phi) is 4.67. The highest BCUT2D eigenvalue weighted by molar-refractivity contribution is 9.10. The molecule has 1 saturated heterocycles. The Morgan fingerprint density at radius 1 is 1.56 bits per heavy atom. The average molecular weight is 301 g/mol. The molecule has 1 unspecified atom stereocenters. The maximum atomic E-state index is 4.26. The monoisotopic (exact) mass is 300 g/mol. The van der Waals surface area contributed by atoms with Crippen LogP contribution >= 0.6 is 27.9 Å². The van der Waals surface area contributed by atoms with Crippen molar-refractivity contribution >= 4 is 27.9 Å². The molecule has 0 aliphatic carbocycles. The summed E-state index contributed by atoms with van der Waals surface area (Å²) in [5.74, 6) is 1.82. The second kappa shape index (κ2) is 6.03. The van der Waals surface area contributed by atoms with Crippen molar-refractivity contribution < 1.29 is 0 Å². The van der Waals surface area contributed by atoms with Crippen molar-refractivity contribution in [2.75, 3.05) is 18.8 Å². The van der Waals surface area contributed by atoms with Gasteiger partial charge in [-0.25, -0.2) is 0 Å². The Labute approximate surface area is 110 Å². The van der Waals surface area contributed by atoms with Crippen molar-refractivity contribution in [2.45, 2.75) is 25.7 Å². The highest BCUT2D eigenvalue weighted by atomic mass is 79.9. The maximum Gasteiger partial charge on any atom is 0.0410 e. The van der Waals surface area contributed by atoms with Gasteiger partial charge in [-0.1, -0.05) is 18.9 Å². The molecule has 2 nitrogen and oxygen atoms in total. The third kappa shape index (κ3) is 3.22. The lowest BCUT2D eigenvalue weighted by Gasteiger charge is -2.31.